The molecular weight excluding hydrogens is 346 g/mol. The van der Waals surface area contributed by atoms with Gasteiger partial charge in [-0.1, -0.05) is 25.1 Å². The molecule has 0 aliphatic carbocycles. The van der Waals surface area contributed by atoms with Gasteiger partial charge in [-0.15, -0.1) is 0 Å². The number of H-pyrrole nitrogens is 1. The predicted octanol–water partition coefficient (Wildman–Crippen LogP) is 3.81. The lowest BCUT2D eigenvalue weighted by Gasteiger charge is -2.19. The fourth-order valence-corrected chi connectivity index (χ4v) is 2.99. The van der Waals surface area contributed by atoms with Gasteiger partial charge in [0.25, 0.3) is 0 Å². The molecule has 6 nitrogen and oxygen atoms in total. The monoisotopic (exact) mass is 371 g/mol. The summed E-state index contributed by atoms with van der Waals surface area (Å²) >= 11 is 0. The normalized spacial score (nSPS) is 12.9. The van der Waals surface area contributed by atoms with Crippen LogP contribution in [-0.2, 0) is 9.53 Å². The fraction of sp³-hybridized carbons (Fsp3) is 0.381. The molecule has 1 heterocycles. The molecule has 0 aliphatic heterocycles. The van der Waals surface area contributed by atoms with Crippen LogP contribution < -0.4 is 4.74 Å². The molecule has 0 spiro atoms. The van der Waals surface area contributed by atoms with Crippen molar-refractivity contribution in [2.75, 3.05) is 0 Å². The van der Waals surface area contributed by atoms with Gasteiger partial charge < -0.3 is 14.5 Å². The largest absolute Gasteiger partial charge is 0.479 e. The van der Waals surface area contributed by atoms with Gasteiger partial charge in [0.1, 0.15) is 5.75 Å². The fourth-order valence-electron chi connectivity index (χ4n) is 2.99. The number of carbonyl (C=O) groups is 3. The van der Waals surface area contributed by atoms with Crippen molar-refractivity contribution in [1.82, 2.24) is 4.98 Å². The van der Waals surface area contributed by atoms with E-state index >= 15 is 0 Å². The summed E-state index contributed by atoms with van der Waals surface area (Å²) in [5.41, 5.74) is 1.98. The number of rotatable bonds is 8. The number of hydrogen-bond acceptors (Lipinski definition) is 5. The number of nitrogens with one attached hydrogen (secondary N) is 1. The minimum absolute atomic E-state index is 0.118. The first kappa shape index (κ1) is 20.4. The predicted molar refractivity (Wildman–Crippen MR) is 101 cm³/mol. The number of benzene rings is 1. The molecular formula is C21H25NO5. The number of ketones is 2. The van der Waals surface area contributed by atoms with E-state index in [2.05, 4.69) is 4.98 Å². The second-order valence-electron chi connectivity index (χ2n) is 6.45. The zero-order valence-electron chi connectivity index (χ0n) is 16.3. The third kappa shape index (κ3) is 4.64. The highest BCUT2D eigenvalue weighted by atomic mass is 16.6. The standard InChI is InChI=1S/C21H25NO5/c1-6-17(27-16-10-8-7-9-11-16)21(25)26-15(5)20(24)19-12(2)18(14(4)23)13(3)22-19/h7-11,15,17,22H,6H2,1-5H3/t15-,17-/m0/s1. The van der Waals surface area contributed by atoms with E-state index in [-0.39, 0.29) is 17.3 Å². The van der Waals surface area contributed by atoms with Crippen molar-refractivity contribution in [2.24, 2.45) is 0 Å². The molecule has 0 bridgehead atoms. The maximum atomic E-state index is 12.7. The molecule has 27 heavy (non-hydrogen) atoms. The Morgan fingerprint density at radius 2 is 1.74 bits per heavy atom. The van der Waals surface area contributed by atoms with Crippen molar-refractivity contribution in [2.45, 2.75) is 53.2 Å². The number of hydrogen-bond donors (Lipinski definition) is 1. The molecule has 0 saturated carbocycles. The molecule has 0 radical (unpaired) electrons. The van der Waals surface area contributed by atoms with Crippen LogP contribution in [0.1, 0.15) is 59.3 Å². The van der Waals surface area contributed by atoms with Gasteiger partial charge >= 0.3 is 5.97 Å². The van der Waals surface area contributed by atoms with E-state index in [1.807, 2.05) is 18.2 Å². The van der Waals surface area contributed by atoms with Crippen LogP contribution in [0.5, 0.6) is 5.75 Å². The average molecular weight is 371 g/mol. The molecule has 0 aliphatic rings. The van der Waals surface area contributed by atoms with E-state index in [1.54, 1.807) is 32.9 Å². The first-order valence-electron chi connectivity index (χ1n) is 8.92. The van der Waals surface area contributed by atoms with Crippen molar-refractivity contribution in [3.63, 3.8) is 0 Å². The number of carbonyl (C=O) groups excluding carboxylic acids is 3. The van der Waals surface area contributed by atoms with Crippen molar-refractivity contribution in [1.29, 1.82) is 0 Å². The second kappa shape index (κ2) is 8.66. The summed E-state index contributed by atoms with van der Waals surface area (Å²) in [6.07, 6.45) is -1.39. The van der Waals surface area contributed by atoms with Crippen LogP contribution in [0.3, 0.4) is 0 Å². The first-order valence-corrected chi connectivity index (χ1v) is 8.92. The third-order valence-electron chi connectivity index (χ3n) is 4.35. The van der Waals surface area contributed by atoms with Crippen LogP contribution in [0.25, 0.3) is 0 Å². The molecule has 1 aromatic heterocycles. The summed E-state index contributed by atoms with van der Waals surface area (Å²) in [6, 6.07) is 8.96. The Labute approximate surface area is 158 Å². The first-order chi connectivity index (χ1) is 12.8. The van der Waals surface area contributed by atoms with Crippen molar-refractivity contribution < 1.29 is 23.9 Å². The molecule has 0 amide bonds. The lowest BCUT2D eigenvalue weighted by molar-refractivity contribution is -0.154. The van der Waals surface area contributed by atoms with E-state index in [4.69, 9.17) is 9.47 Å². The topological polar surface area (TPSA) is 85.5 Å². The maximum absolute atomic E-state index is 12.7. The summed E-state index contributed by atoms with van der Waals surface area (Å²) in [6.45, 7) is 8.21. The number of para-hydroxylation sites is 1. The van der Waals surface area contributed by atoms with Crippen LogP contribution in [0.4, 0.5) is 0 Å². The average Bonchev–Trinajstić information content (AvgIpc) is 2.93. The molecule has 0 fully saturated rings. The van der Waals surface area contributed by atoms with Crippen LogP contribution in [0, 0.1) is 13.8 Å². The van der Waals surface area contributed by atoms with Gasteiger partial charge in [-0.25, -0.2) is 4.79 Å². The van der Waals surface area contributed by atoms with E-state index in [0.717, 1.165) is 0 Å². The zero-order chi connectivity index (χ0) is 20.1. The molecule has 0 saturated heterocycles. The zero-order valence-corrected chi connectivity index (χ0v) is 16.3. The SMILES string of the molecule is CC[C@H](Oc1ccccc1)C(=O)O[C@@H](C)C(=O)c1[nH]c(C)c(C(C)=O)c1C. The summed E-state index contributed by atoms with van der Waals surface area (Å²) in [7, 11) is 0. The minimum atomic E-state index is -0.998. The van der Waals surface area contributed by atoms with E-state index in [1.165, 1.54) is 13.8 Å². The lowest BCUT2D eigenvalue weighted by atomic mass is 10.0. The minimum Gasteiger partial charge on any atom is -0.479 e. The van der Waals surface area contributed by atoms with E-state index in [0.29, 0.717) is 29.0 Å². The van der Waals surface area contributed by atoms with Gasteiger partial charge in [-0.05, 0) is 51.8 Å². The summed E-state index contributed by atoms with van der Waals surface area (Å²) in [5.74, 6) is -0.546. The molecule has 2 aromatic rings. The van der Waals surface area contributed by atoms with Gasteiger partial charge in [-0.3, -0.25) is 9.59 Å². The third-order valence-corrected chi connectivity index (χ3v) is 4.35. The number of aryl methyl sites for hydroxylation is 1. The molecule has 6 heteroatoms. The van der Waals surface area contributed by atoms with E-state index in [9.17, 15) is 14.4 Å². The van der Waals surface area contributed by atoms with Gasteiger partial charge in [0.05, 0.1) is 5.69 Å². The van der Waals surface area contributed by atoms with Crippen LogP contribution in [-0.4, -0.2) is 34.7 Å². The Bertz CT molecular complexity index is 838. The molecule has 1 aromatic carbocycles. The van der Waals surface area contributed by atoms with Crippen molar-refractivity contribution in [3.05, 3.63) is 52.8 Å². The van der Waals surface area contributed by atoms with Gasteiger partial charge in [0.15, 0.2) is 18.0 Å². The molecule has 2 atom stereocenters. The summed E-state index contributed by atoms with van der Waals surface area (Å²) < 4.78 is 11.0. The Hall–Kier alpha value is -2.89. The van der Waals surface area contributed by atoms with Crippen LogP contribution in [0.15, 0.2) is 30.3 Å². The Kier molecular flexibility index (Phi) is 6.55. The highest BCUT2D eigenvalue weighted by molar-refractivity contribution is 6.05. The smallest absolute Gasteiger partial charge is 0.348 e. The van der Waals surface area contributed by atoms with Gasteiger partial charge in [0, 0.05) is 11.3 Å². The quantitative estimate of drug-likeness (QED) is 0.563. The number of esters is 1. The summed E-state index contributed by atoms with van der Waals surface area (Å²) in [5, 5.41) is 0. The van der Waals surface area contributed by atoms with Gasteiger partial charge in [0.2, 0.25) is 5.78 Å². The Morgan fingerprint density at radius 3 is 2.26 bits per heavy atom. The number of aromatic nitrogens is 1. The van der Waals surface area contributed by atoms with Gasteiger partial charge in [-0.2, -0.15) is 0 Å². The highest BCUT2D eigenvalue weighted by Crippen LogP contribution is 2.21. The molecule has 144 valence electrons. The molecule has 0 unspecified atom stereocenters. The van der Waals surface area contributed by atoms with Crippen molar-refractivity contribution in [3.8, 4) is 5.75 Å². The highest BCUT2D eigenvalue weighted by Gasteiger charge is 2.29. The van der Waals surface area contributed by atoms with Crippen molar-refractivity contribution >= 4 is 17.5 Å². The van der Waals surface area contributed by atoms with Crippen LogP contribution in [0.2, 0.25) is 0 Å². The number of ether oxygens (including phenoxy) is 2. The molecule has 2 rings (SSSR count). The van der Waals surface area contributed by atoms with E-state index < -0.39 is 18.2 Å². The Balaban J connectivity index is 2.10. The summed E-state index contributed by atoms with van der Waals surface area (Å²) in [4.78, 5) is 39.8. The lowest BCUT2D eigenvalue weighted by Crippen LogP contribution is -2.34. The number of Topliss-reactive ketones (excluding diaryl/α,β-unsaturated/α-hetero) is 2. The second-order valence-corrected chi connectivity index (χ2v) is 6.45. The number of aromatic amines is 1. The molecule has 1 N–H and O–H groups in total. The van der Waals surface area contributed by atoms with Crippen LogP contribution >= 0.6 is 0 Å². The maximum Gasteiger partial charge on any atom is 0.348 e. The Morgan fingerprint density at radius 1 is 1.11 bits per heavy atom.